The molecule has 4 rings (SSSR count). The predicted molar refractivity (Wildman–Crippen MR) is 87.4 cm³/mol. The summed E-state index contributed by atoms with van der Waals surface area (Å²) in [6.07, 6.45) is 9.85. The lowest BCUT2D eigenvalue weighted by atomic mass is 9.89. The van der Waals surface area contributed by atoms with E-state index in [0.29, 0.717) is 11.6 Å². The molecule has 21 heavy (non-hydrogen) atoms. The van der Waals surface area contributed by atoms with Crippen molar-refractivity contribution in [1.82, 2.24) is 10.2 Å². The van der Waals surface area contributed by atoms with Crippen molar-refractivity contribution in [2.24, 2.45) is 5.92 Å². The molecule has 1 aromatic rings. The van der Waals surface area contributed by atoms with Gasteiger partial charge in [-0.1, -0.05) is 43.2 Å². The summed E-state index contributed by atoms with van der Waals surface area (Å²) in [6, 6.07) is 11.6. The zero-order valence-electron chi connectivity index (χ0n) is 13.1. The van der Waals surface area contributed by atoms with Crippen LogP contribution < -0.4 is 5.32 Å². The summed E-state index contributed by atoms with van der Waals surface area (Å²) < 4.78 is 0. The highest BCUT2D eigenvalue weighted by atomic mass is 15.3. The fourth-order valence-electron chi connectivity index (χ4n) is 4.41. The third kappa shape index (κ3) is 3.02. The summed E-state index contributed by atoms with van der Waals surface area (Å²) in [5, 5.41) is 3.88. The Hall–Kier alpha value is -0.860. The monoisotopic (exact) mass is 284 g/mol. The Balaban J connectivity index is 1.44. The molecule has 2 saturated carbocycles. The molecule has 3 fully saturated rings. The minimum Gasteiger partial charge on any atom is -0.311 e. The molecule has 3 aliphatic rings. The van der Waals surface area contributed by atoms with E-state index in [-0.39, 0.29) is 0 Å². The first-order valence-electron chi connectivity index (χ1n) is 8.86. The molecule has 1 N–H and O–H groups in total. The first kappa shape index (κ1) is 13.8. The van der Waals surface area contributed by atoms with Gasteiger partial charge in [-0.05, 0) is 43.6 Å². The standard InChI is InChI=1S/C19H28N2/c1-2-6-16(7-3-1)12-18-14-21(13-17-8-9-17)19(15-20-18)10-4-5-11-19/h1-3,6-7,17-18,20H,4-5,8-15H2. The van der Waals surface area contributed by atoms with Crippen molar-refractivity contribution in [3.05, 3.63) is 35.9 Å². The number of hydrogen-bond donors (Lipinski definition) is 1. The quantitative estimate of drug-likeness (QED) is 0.913. The Morgan fingerprint density at radius 3 is 2.57 bits per heavy atom. The highest BCUT2D eigenvalue weighted by Gasteiger charge is 2.44. The summed E-state index contributed by atoms with van der Waals surface area (Å²) in [5.74, 6) is 1.01. The Morgan fingerprint density at radius 1 is 1.10 bits per heavy atom. The second-order valence-corrected chi connectivity index (χ2v) is 7.55. The summed E-state index contributed by atoms with van der Waals surface area (Å²) >= 11 is 0. The van der Waals surface area contributed by atoms with Crippen LogP contribution in [0.5, 0.6) is 0 Å². The van der Waals surface area contributed by atoms with Gasteiger partial charge in [0.2, 0.25) is 0 Å². The van der Waals surface area contributed by atoms with Crippen LogP contribution in [-0.2, 0) is 6.42 Å². The van der Waals surface area contributed by atoms with E-state index in [0.717, 1.165) is 5.92 Å². The number of nitrogens with one attached hydrogen (secondary N) is 1. The Kier molecular flexibility index (Phi) is 3.76. The summed E-state index contributed by atoms with van der Waals surface area (Å²) in [4.78, 5) is 2.89. The van der Waals surface area contributed by atoms with E-state index in [1.165, 1.54) is 70.1 Å². The molecule has 114 valence electrons. The second kappa shape index (κ2) is 5.73. The molecule has 0 amide bonds. The SMILES string of the molecule is c1ccc(CC2CN(CC3CC3)C3(CCCC3)CN2)cc1. The Morgan fingerprint density at radius 2 is 1.86 bits per heavy atom. The van der Waals surface area contributed by atoms with E-state index in [1.807, 2.05) is 0 Å². The summed E-state index contributed by atoms with van der Waals surface area (Å²) in [5.41, 5.74) is 1.99. The second-order valence-electron chi connectivity index (χ2n) is 7.55. The average molecular weight is 284 g/mol. The van der Waals surface area contributed by atoms with Crippen LogP contribution in [0, 0.1) is 5.92 Å². The van der Waals surface area contributed by atoms with Gasteiger partial charge in [-0.15, -0.1) is 0 Å². The van der Waals surface area contributed by atoms with E-state index in [1.54, 1.807) is 0 Å². The maximum absolute atomic E-state index is 3.88. The molecular formula is C19H28N2. The minimum atomic E-state index is 0.510. The largest absolute Gasteiger partial charge is 0.311 e. The topological polar surface area (TPSA) is 15.3 Å². The molecule has 1 aliphatic heterocycles. The molecule has 2 aliphatic carbocycles. The van der Waals surface area contributed by atoms with Gasteiger partial charge in [-0.3, -0.25) is 4.90 Å². The fourth-order valence-corrected chi connectivity index (χ4v) is 4.41. The number of piperazine rings is 1. The molecule has 2 heteroatoms. The van der Waals surface area contributed by atoms with Gasteiger partial charge in [0.05, 0.1) is 0 Å². The summed E-state index contributed by atoms with van der Waals surface area (Å²) in [7, 11) is 0. The number of benzene rings is 1. The van der Waals surface area contributed by atoms with Crippen LogP contribution in [0.25, 0.3) is 0 Å². The van der Waals surface area contributed by atoms with Crippen LogP contribution in [0.1, 0.15) is 44.1 Å². The van der Waals surface area contributed by atoms with Crippen molar-refractivity contribution in [2.75, 3.05) is 19.6 Å². The number of hydrogen-bond acceptors (Lipinski definition) is 2. The van der Waals surface area contributed by atoms with Crippen LogP contribution >= 0.6 is 0 Å². The normalized spacial score (nSPS) is 29.0. The van der Waals surface area contributed by atoms with Crippen LogP contribution in [0.2, 0.25) is 0 Å². The molecule has 2 nitrogen and oxygen atoms in total. The van der Waals surface area contributed by atoms with Crippen molar-refractivity contribution in [3.8, 4) is 0 Å². The first-order valence-corrected chi connectivity index (χ1v) is 8.86. The Bertz CT molecular complexity index is 460. The molecular weight excluding hydrogens is 256 g/mol. The van der Waals surface area contributed by atoms with Gasteiger partial charge in [0.15, 0.2) is 0 Å². The molecule has 0 radical (unpaired) electrons. The smallest absolute Gasteiger partial charge is 0.0334 e. The van der Waals surface area contributed by atoms with Gasteiger partial charge in [0, 0.05) is 31.2 Å². The van der Waals surface area contributed by atoms with E-state index in [9.17, 15) is 0 Å². The van der Waals surface area contributed by atoms with E-state index < -0.39 is 0 Å². The van der Waals surface area contributed by atoms with Gasteiger partial charge < -0.3 is 5.32 Å². The van der Waals surface area contributed by atoms with Gasteiger partial charge in [-0.25, -0.2) is 0 Å². The third-order valence-corrected chi connectivity index (χ3v) is 5.87. The van der Waals surface area contributed by atoms with Crippen LogP contribution in [-0.4, -0.2) is 36.1 Å². The van der Waals surface area contributed by atoms with E-state index >= 15 is 0 Å². The molecule has 1 aromatic carbocycles. The average Bonchev–Trinajstić information content (AvgIpc) is 3.21. The lowest BCUT2D eigenvalue weighted by molar-refractivity contribution is 0.0388. The highest BCUT2D eigenvalue weighted by molar-refractivity contribution is 5.17. The van der Waals surface area contributed by atoms with Gasteiger partial charge in [0.25, 0.3) is 0 Å². The number of rotatable bonds is 4. The predicted octanol–water partition coefficient (Wildman–Crippen LogP) is 3.23. The van der Waals surface area contributed by atoms with Crippen molar-refractivity contribution in [2.45, 2.75) is 56.5 Å². The maximum Gasteiger partial charge on any atom is 0.0334 e. The van der Waals surface area contributed by atoms with E-state index in [2.05, 4.69) is 40.5 Å². The van der Waals surface area contributed by atoms with Crippen molar-refractivity contribution in [1.29, 1.82) is 0 Å². The van der Waals surface area contributed by atoms with Crippen LogP contribution in [0.15, 0.2) is 30.3 Å². The van der Waals surface area contributed by atoms with Gasteiger partial charge in [-0.2, -0.15) is 0 Å². The van der Waals surface area contributed by atoms with Crippen LogP contribution in [0.4, 0.5) is 0 Å². The van der Waals surface area contributed by atoms with E-state index in [4.69, 9.17) is 0 Å². The summed E-state index contributed by atoms with van der Waals surface area (Å²) in [6.45, 7) is 3.84. The maximum atomic E-state index is 3.88. The zero-order valence-corrected chi connectivity index (χ0v) is 13.1. The Labute approximate surface area is 128 Å². The van der Waals surface area contributed by atoms with Crippen LogP contribution in [0.3, 0.4) is 0 Å². The van der Waals surface area contributed by atoms with Crippen molar-refractivity contribution in [3.63, 3.8) is 0 Å². The zero-order chi connectivity index (χ0) is 14.1. The molecule has 1 atom stereocenters. The lowest BCUT2D eigenvalue weighted by Gasteiger charge is -2.48. The molecule has 0 aromatic heterocycles. The fraction of sp³-hybridized carbons (Fsp3) is 0.684. The molecule has 0 bridgehead atoms. The molecule has 1 spiro atoms. The first-order chi connectivity index (χ1) is 10.3. The minimum absolute atomic E-state index is 0.510. The molecule has 1 unspecified atom stereocenters. The van der Waals surface area contributed by atoms with Crippen molar-refractivity contribution >= 4 is 0 Å². The lowest BCUT2D eigenvalue weighted by Crippen LogP contribution is -2.64. The molecule has 1 saturated heterocycles. The molecule has 1 heterocycles. The number of nitrogens with zero attached hydrogens (tertiary/aromatic N) is 1. The van der Waals surface area contributed by atoms with Gasteiger partial charge in [0.1, 0.15) is 0 Å². The highest BCUT2D eigenvalue weighted by Crippen LogP contribution is 2.40. The van der Waals surface area contributed by atoms with Crippen molar-refractivity contribution < 1.29 is 0 Å². The van der Waals surface area contributed by atoms with Gasteiger partial charge >= 0.3 is 0 Å². The third-order valence-electron chi connectivity index (χ3n) is 5.87.